The molecule has 0 fully saturated rings. The summed E-state index contributed by atoms with van der Waals surface area (Å²) in [6, 6.07) is 66.3. The first-order valence-electron chi connectivity index (χ1n) is 18.1. The van der Waals surface area contributed by atoms with Gasteiger partial charge in [0.1, 0.15) is 11.5 Å². The van der Waals surface area contributed by atoms with Crippen molar-refractivity contribution in [2.45, 2.75) is 5.41 Å². The Morgan fingerprint density at radius 3 is 1.89 bits per heavy atom. The molecule has 2 aliphatic heterocycles. The number of hydrogen-bond acceptors (Lipinski definition) is 3. The molecule has 8 aromatic carbocycles. The van der Waals surface area contributed by atoms with E-state index < -0.39 is 5.41 Å². The molecule has 0 saturated carbocycles. The van der Waals surface area contributed by atoms with E-state index in [4.69, 9.17) is 4.74 Å². The lowest BCUT2D eigenvalue weighted by Gasteiger charge is -2.48. The molecular weight excluding hydrogens is 665 g/mol. The molecule has 10 aromatic rings. The van der Waals surface area contributed by atoms with Crippen molar-refractivity contribution in [1.82, 2.24) is 4.57 Å². The summed E-state index contributed by atoms with van der Waals surface area (Å²) in [5.74, 6) is 1.80. The summed E-state index contributed by atoms with van der Waals surface area (Å²) in [5, 5.41) is 4.89. The van der Waals surface area contributed by atoms with Crippen LogP contribution >= 0.6 is 11.3 Å². The lowest BCUT2D eigenvalue weighted by Crippen LogP contribution is -2.39. The van der Waals surface area contributed by atoms with Crippen LogP contribution in [0.3, 0.4) is 0 Å². The molecule has 0 atom stereocenters. The second-order valence-electron chi connectivity index (χ2n) is 14.0. The Kier molecular flexibility index (Phi) is 5.86. The smallest absolute Gasteiger partial charge is 0.142 e. The zero-order valence-electron chi connectivity index (χ0n) is 28.5. The number of benzene rings is 8. The maximum atomic E-state index is 7.21. The molecule has 2 aromatic heterocycles. The summed E-state index contributed by atoms with van der Waals surface area (Å²) < 4.78 is 12.2. The molecule has 0 N–H and O–H groups in total. The molecule has 0 saturated heterocycles. The van der Waals surface area contributed by atoms with E-state index in [9.17, 15) is 0 Å². The standard InChI is InChI=1S/C49H30N2OS/c1-2-14-31(15-3-1)50-41-22-10-6-18-36(41)49(37-19-7-11-23-42(37)50)38-20-8-12-24-44(38)52-48-39(49)27-28-43-47(48)34-17-4-9-21-40(34)51(43)32-26-29-46-35(30-32)33-16-5-13-25-45(33)53-46/h1-30H. The number of thiophene rings is 1. The highest BCUT2D eigenvalue weighted by molar-refractivity contribution is 7.25. The van der Waals surface area contributed by atoms with Gasteiger partial charge in [0.25, 0.3) is 0 Å². The van der Waals surface area contributed by atoms with Crippen LogP contribution in [0, 0.1) is 0 Å². The summed E-state index contributed by atoms with van der Waals surface area (Å²) >= 11 is 1.85. The Balaban J connectivity index is 1.20. The van der Waals surface area contributed by atoms with Crippen LogP contribution in [0.1, 0.15) is 22.3 Å². The summed E-state index contributed by atoms with van der Waals surface area (Å²) in [7, 11) is 0. The van der Waals surface area contributed by atoms with Gasteiger partial charge in [-0.15, -0.1) is 11.3 Å². The van der Waals surface area contributed by atoms with Crippen molar-refractivity contribution in [2.75, 3.05) is 4.90 Å². The molecule has 0 amide bonds. The van der Waals surface area contributed by atoms with Crippen LogP contribution in [0.5, 0.6) is 11.5 Å². The predicted molar refractivity (Wildman–Crippen MR) is 220 cm³/mol. The van der Waals surface area contributed by atoms with Crippen LogP contribution in [0.15, 0.2) is 182 Å². The molecule has 1 spiro atoms. The fraction of sp³-hybridized carbons (Fsp3) is 0.0204. The van der Waals surface area contributed by atoms with Crippen molar-refractivity contribution in [2.24, 2.45) is 0 Å². The minimum Gasteiger partial charge on any atom is -0.456 e. The minimum absolute atomic E-state index is 0.630. The van der Waals surface area contributed by atoms with E-state index in [1.807, 2.05) is 11.3 Å². The maximum absolute atomic E-state index is 7.21. The topological polar surface area (TPSA) is 17.4 Å². The number of hydrogen-bond donors (Lipinski definition) is 0. The van der Waals surface area contributed by atoms with Gasteiger partial charge in [-0.25, -0.2) is 0 Å². The summed E-state index contributed by atoms with van der Waals surface area (Å²) in [4.78, 5) is 2.42. The fourth-order valence-electron chi connectivity index (χ4n) is 9.36. The third-order valence-corrected chi connectivity index (χ3v) is 12.6. The van der Waals surface area contributed by atoms with Gasteiger partial charge in [0.2, 0.25) is 0 Å². The molecular formula is C49H30N2OS. The Bertz CT molecular complexity index is 3070. The summed E-state index contributed by atoms with van der Waals surface area (Å²) in [6.45, 7) is 0. The quantitative estimate of drug-likeness (QED) is 0.179. The number of rotatable bonds is 2. The molecule has 2 aliphatic rings. The second kappa shape index (κ2) is 10.7. The average molecular weight is 695 g/mol. The Hall–Kier alpha value is -6.62. The van der Waals surface area contributed by atoms with Crippen LogP contribution in [0.4, 0.5) is 17.1 Å². The van der Waals surface area contributed by atoms with Crippen molar-refractivity contribution in [1.29, 1.82) is 0 Å². The number of anilines is 3. The molecule has 3 nitrogen and oxygen atoms in total. The maximum Gasteiger partial charge on any atom is 0.142 e. The first-order valence-corrected chi connectivity index (χ1v) is 18.9. The average Bonchev–Trinajstić information content (AvgIpc) is 3.77. The van der Waals surface area contributed by atoms with Crippen molar-refractivity contribution < 1.29 is 4.74 Å². The van der Waals surface area contributed by atoms with E-state index >= 15 is 0 Å². The van der Waals surface area contributed by atoms with Gasteiger partial charge in [-0.05, 0) is 77.9 Å². The van der Waals surface area contributed by atoms with Gasteiger partial charge in [0, 0.05) is 48.1 Å². The van der Waals surface area contributed by atoms with Crippen molar-refractivity contribution in [3.05, 3.63) is 204 Å². The van der Waals surface area contributed by atoms with Gasteiger partial charge in [0.15, 0.2) is 0 Å². The van der Waals surface area contributed by atoms with Crippen molar-refractivity contribution in [3.8, 4) is 17.2 Å². The SMILES string of the molecule is c1ccc(N2c3ccccc3C3(c4ccccc4Oc4c3ccc3c4c4ccccc4n3-c3ccc4sc5ccccc5c4c3)c3ccccc32)cc1. The molecule has 248 valence electrons. The number of fused-ring (bicyclic) bond motifs is 15. The van der Waals surface area contributed by atoms with Crippen molar-refractivity contribution in [3.63, 3.8) is 0 Å². The van der Waals surface area contributed by atoms with Crippen LogP contribution in [0.25, 0.3) is 47.7 Å². The zero-order valence-corrected chi connectivity index (χ0v) is 29.3. The fourth-order valence-corrected chi connectivity index (χ4v) is 10.5. The highest BCUT2D eigenvalue weighted by atomic mass is 32.1. The largest absolute Gasteiger partial charge is 0.456 e. The van der Waals surface area contributed by atoms with Gasteiger partial charge >= 0.3 is 0 Å². The van der Waals surface area contributed by atoms with Crippen LogP contribution in [-0.4, -0.2) is 4.57 Å². The van der Waals surface area contributed by atoms with Gasteiger partial charge < -0.3 is 14.2 Å². The van der Waals surface area contributed by atoms with E-state index in [0.717, 1.165) is 50.4 Å². The van der Waals surface area contributed by atoms with Gasteiger partial charge in [0.05, 0.1) is 33.2 Å². The third-order valence-electron chi connectivity index (χ3n) is 11.4. The molecule has 0 unspecified atom stereocenters. The third kappa shape index (κ3) is 3.78. The van der Waals surface area contributed by atoms with Gasteiger partial charge in [-0.2, -0.15) is 0 Å². The molecule has 0 bridgehead atoms. The molecule has 4 heterocycles. The van der Waals surface area contributed by atoms with E-state index in [2.05, 4.69) is 191 Å². The number of aromatic nitrogens is 1. The highest BCUT2D eigenvalue weighted by Crippen LogP contribution is 2.64. The number of nitrogens with zero attached hydrogens (tertiary/aromatic N) is 2. The minimum atomic E-state index is -0.630. The lowest BCUT2D eigenvalue weighted by molar-refractivity contribution is 0.439. The Morgan fingerprint density at radius 2 is 1.08 bits per heavy atom. The first-order chi connectivity index (χ1) is 26.3. The molecule has 0 aliphatic carbocycles. The summed E-state index contributed by atoms with van der Waals surface area (Å²) in [5.41, 5.74) is 11.0. The van der Waals surface area contributed by atoms with Crippen LogP contribution in [0.2, 0.25) is 0 Å². The molecule has 53 heavy (non-hydrogen) atoms. The Labute approximate surface area is 310 Å². The van der Waals surface area contributed by atoms with E-state index in [1.54, 1.807) is 0 Å². The molecule has 0 radical (unpaired) electrons. The molecule has 4 heteroatoms. The first kappa shape index (κ1) is 29.0. The highest BCUT2D eigenvalue weighted by Gasteiger charge is 2.51. The molecule has 12 rings (SSSR count). The van der Waals surface area contributed by atoms with E-state index in [-0.39, 0.29) is 0 Å². The van der Waals surface area contributed by atoms with Crippen LogP contribution in [-0.2, 0) is 5.41 Å². The lowest BCUT2D eigenvalue weighted by atomic mass is 9.61. The number of para-hydroxylation sites is 5. The second-order valence-corrected chi connectivity index (χ2v) is 15.1. The van der Waals surface area contributed by atoms with Crippen molar-refractivity contribution >= 4 is 70.4 Å². The van der Waals surface area contributed by atoms with E-state index in [1.165, 1.54) is 48.1 Å². The number of ether oxygens (including phenoxy) is 1. The zero-order chi connectivity index (χ0) is 34.7. The van der Waals surface area contributed by atoms with Gasteiger partial charge in [-0.3, -0.25) is 0 Å². The predicted octanol–water partition coefficient (Wildman–Crippen LogP) is 13.4. The summed E-state index contributed by atoms with van der Waals surface area (Å²) in [6.07, 6.45) is 0. The van der Waals surface area contributed by atoms with Gasteiger partial charge in [-0.1, -0.05) is 115 Å². The monoisotopic (exact) mass is 694 g/mol. The Morgan fingerprint density at radius 1 is 0.434 bits per heavy atom. The van der Waals surface area contributed by atoms with E-state index in [0.29, 0.717) is 0 Å². The normalized spacial score (nSPS) is 13.9. The van der Waals surface area contributed by atoms with Crippen LogP contribution < -0.4 is 9.64 Å².